The average molecular weight is 167 g/mol. The second-order valence-electron chi connectivity index (χ2n) is 3.00. The van der Waals surface area contributed by atoms with Crippen molar-refractivity contribution in [3.8, 4) is 0 Å². The van der Waals surface area contributed by atoms with E-state index >= 15 is 0 Å². The van der Waals surface area contributed by atoms with Crippen molar-refractivity contribution >= 4 is 0 Å². The van der Waals surface area contributed by atoms with E-state index < -0.39 is 0 Å². The molecule has 1 aromatic rings. The highest BCUT2D eigenvalue weighted by atomic mass is 15.3. The average Bonchev–Trinajstić information content (AvgIpc) is 2.50. The Morgan fingerprint density at radius 3 is 3.08 bits per heavy atom. The lowest BCUT2D eigenvalue weighted by molar-refractivity contribution is 0.602. The van der Waals surface area contributed by atoms with Crippen LogP contribution < -0.4 is 5.73 Å². The van der Waals surface area contributed by atoms with Crippen LogP contribution in [0.2, 0.25) is 0 Å². The van der Waals surface area contributed by atoms with Crippen LogP contribution in [0.5, 0.6) is 0 Å². The Morgan fingerprint density at radius 1 is 1.58 bits per heavy atom. The first-order valence-electron chi connectivity index (χ1n) is 4.58. The maximum atomic E-state index is 5.41. The van der Waals surface area contributed by atoms with E-state index in [2.05, 4.69) is 18.2 Å². The first-order valence-corrected chi connectivity index (χ1v) is 4.58. The van der Waals surface area contributed by atoms with E-state index in [-0.39, 0.29) is 0 Å². The molecule has 1 aromatic heterocycles. The van der Waals surface area contributed by atoms with E-state index in [1.54, 1.807) is 0 Å². The maximum absolute atomic E-state index is 5.41. The van der Waals surface area contributed by atoms with E-state index in [0.29, 0.717) is 0 Å². The van der Waals surface area contributed by atoms with Crippen molar-refractivity contribution in [3.63, 3.8) is 0 Å². The smallest absolute Gasteiger partial charge is 0.0521 e. The summed E-state index contributed by atoms with van der Waals surface area (Å²) in [6.45, 7) is 3.93. The standard InChI is InChI=1S/C9H17N3/c1-2-6-12-8-9(7-11-12)4-3-5-10/h7-8H,2-6,10H2,1H3. The summed E-state index contributed by atoms with van der Waals surface area (Å²) in [6, 6.07) is 0. The van der Waals surface area contributed by atoms with Crippen LogP contribution in [0.4, 0.5) is 0 Å². The fourth-order valence-electron chi connectivity index (χ4n) is 1.19. The molecule has 3 nitrogen and oxygen atoms in total. The Kier molecular flexibility index (Phi) is 3.80. The fourth-order valence-corrected chi connectivity index (χ4v) is 1.19. The van der Waals surface area contributed by atoms with E-state index in [0.717, 1.165) is 32.4 Å². The highest BCUT2D eigenvalue weighted by Gasteiger charge is 1.96. The maximum Gasteiger partial charge on any atom is 0.0521 e. The third-order valence-corrected chi connectivity index (χ3v) is 1.81. The molecule has 0 aliphatic carbocycles. The molecule has 1 heterocycles. The topological polar surface area (TPSA) is 43.8 Å². The molecule has 0 fully saturated rings. The third kappa shape index (κ3) is 2.66. The summed E-state index contributed by atoms with van der Waals surface area (Å²) in [4.78, 5) is 0. The first-order chi connectivity index (χ1) is 5.86. The minimum atomic E-state index is 0.763. The van der Waals surface area contributed by atoms with Gasteiger partial charge in [0.05, 0.1) is 6.20 Å². The van der Waals surface area contributed by atoms with Gasteiger partial charge in [-0.2, -0.15) is 5.10 Å². The minimum Gasteiger partial charge on any atom is -0.330 e. The molecular weight excluding hydrogens is 150 g/mol. The van der Waals surface area contributed by atoms with Gasteiger partial charge >= 0.3 is 0 Å². The molecule has 3 heteroatoms. The number of nitrogens with two attached hydrogens (primary N) is 1. The van der Waals surface area contributed by atoms with E-state index in [1.165, 1.54) is 5.56 Å². The molecule has 0 unspecified atom stereocenters. The number of nitrogens with zero attached hydrogens (tertiary/aromatic N) is 2. The number of aryl methyl sites for hydroxylation is 2. The van der Waals surface area contributed by atoms with Crippen molar-refractivity contribution in [2.75, 3.05) is 6.54 Å². The number of hydrogen-bond acceptors (Lipinski definition) is 2. The summed E-state index contributed by atoms with van der Waals surface area (Å²) in [7, 11) is 0. The SMILES string of the molecule is CCCn1cc(CCCN)cn1. The number of rotatable bonds is 5. The highest BCUT2D eigenvalue weighted by Crippen LogP contribution is 2.01. The quantitative estimate of drug-likeness (QED) is 0.715. The molecule has 0 atom stereocenters. The van der Waals surface area contributed by atoms with Gasteiger partial charge in [-0.05, 0) is 31.4 Å². The minimum absolute atomic E-state index is 0.763. The van der Waals surface area contributed by atoms with Gasteiger partial charge in [-0.3, -0.25) is 4.68 Å². The lowest BCUT2D eigenvalue weighted by Gasteiger charge is -1.95. The molecule has 68 valence electrons. The molecule has 0 radical (unpaired) electrons. The zero-order chi connectivity index (χ0) is 8.81. The predicted octanol–water partition coefficient (Wildman–Crippen LogP) is 1.18. The second-order valence-corrected chi connectivity index (χ2v) is 3.00. The Labute approximate surface area is 73.6 Å². The van der Waals surface area contributed by atoms with Gasteiger partial charge in [-0.15, -0.1) is 0 Å². The lowest BCUT2D eigenvalue weighted by atomic mass is 10.2. The van der Waals surface area contributed by atoms with Gasteiger partial charge in [0.1, 0.15) is 0 Å². The predicted molar refractivity (Wildman–Crippen MR) is 49.9 cm³/mol. The highest BCUT2D eigenvalue weighted by molar-refractivity contribution is 5.03. The van der Waals surface area contributed by atoms with E-state index in [4.69, 9.17) is 5.73 Å². The summed E-state index contributed by atoms with van der Waals surface area (Å²) in [5.74, 6) is 0. The molecule has 0 bridgehead atoms. The molecule has 1 rings (SSSR count). The molecule has 0 aliphatic heterocycles. The van der Waals surface area contributed by atoms with Crippen LogP contribution in [0.25, 0.3) is 0 Å². The summed E-state index contributed by atoms with van der Waals surface area (Å²) in [5, 5.41) is 4.23. The monoisotopic (exact) mass is 167 g/mol. The first kappa shape index (κ1) is 9.26. The van der Waals surface area contributed by atoms with Crippen LogP contribution in [0.15, 0.2) is 12.4 Å². The van der Waals surface area contributed by atoms with Crippen LogP contribution in [0, 0.1) is 0 Å². The summed E-state index contributed by atoms with van der Waals surface area (Å²) in [6.07, 6.45) is 7.29. The van der Waals surface area contributed by atoms with Crippen molar-refractivity contribution in [2.45, 2.75) is 32.7 Å². The molecule has 0 amide bonds. The van der Waals surface area contributed by atoms with Gasteiger partial charge in [0.15, 0.2) is 0 Å². The normalized spacial score (nSPS) is 10.5. The van der Waals surface area contributed by atoms with Crippen molar-refractivity contribution in [1.29, 1.82) is 0 Å². The third-order valence-electron chi connectivity index (χ3n) is 1.81. The van der Waals surface area contributed by atoms with E-state index in [9.17, 15) is 0 Å². The van der Waals surface area contributed by atoms with Crippen molar-refractivity contribution < 1.29 is 0 Å². The van der Waals surface area contributed by atoms with E-state index in [1.807, 2.05) is 10.9 Å². The van der Waals surface area contributed by atoms with Gasteiger partial charge in [0.25, 0.3) is 0 Å². The van der Waals surface area contributed by atoms with Gasteiger partial charge < -0.3 is 5.73 Å². The molecule has 0 saturated heterocycles. The Morgan fingerprint density at radius 2 is 2.42 bits per heavy atom. The Balaban J connectivity index is 2.41. The van der Waals surface area contributed by atoms with Crippen molar-refractivity contribution in [2.24, 2.45) is 5.73 Å². The largest absolute Gasteiger partial charge is 0.330 e. The van der Waals surface area contributed by atoms with Gasteiger partial charge in [0.2, 0.25) is 0 Å². The fraction of sp³-hybridized carbons (Fsp3) is 0.667. The molecule has 2 N–H and O–H groups in total. The summed E-state index contributed by atoms with van der Waals surface area (Å²) >= 11 is 0. The van der Waals surface area contributed by atoms with Crippen molar-refractivity contribution in [3.05, 3.63) is 18.0 Å². The summed E-state index contributed by atoms with van der Waals surface area (Å²) in [5.41, 5.74) is 6.71. The van der Waals surface area contributed by atoms with Crippen LogP contribution in [0.1, 0.15) is 25.3 Å². The molecule has 0 spiro atoms. The van der Waals surface area contributed by atoms with Crippen LogP contribution in [-0.4, -0.2) is 16.3 Å². The zero-order valence-electron chi connectivity index (χ0n) is 7.66. The van der Waals surface area contributed by atoms with Gasteiger partial charge in [-0.1, -0.05) is 6.92 Å². The number of aromatic nitrogens is 2. The second kappa shape index (κ2) is 4.93. The van der Waals surface area contributed by atoms with Crippen LogP contribution >= 0.6 is 0 Å². The lowest BCUT2D eigenvalue weighted by Crippen LogP contribution is -2.00. The number of hydrogen-bond donors (Lipinski definition) is 1. The van der Waals surface area contributed by atoms with Crippen LogP contribution in [0.3, 0.4) is 0 Å². The zero-order valence-corrected chi connectivity index (χ0v) is 7.66. The van der Waals surface area contributed by atoms with Crippen LogP contribution in [-0.2, 0) is 13.0 Å². The molecular formula is C9H17N3. The Hall–Kier alpha value is -0.830. The van der Waals surface area contributed by atoms with Gasteiger partial charge in [0, 0.05) is 12.7 Å². The molecule has 12 heavy (non-hydrogen) atoms. The molecule has 0 saturated carbocycles. The summed E-state index contributed by atoms with van der Waals surface area (Å²) < 4.78 is 1.99. The van der Waals surface area contributed by atoms with Gasteiger partial charge in [-0.25, -0.2) is 0 Å². The Bertz CT molecular complexity index is 217. The molecule has 0 aromatic carbocycles. The molecule has 0 aliphatic rings. The van der Waals surface area contributed by atoms with Crippen molar-refractivity contribution in [1.82, 2.24) is 9.78 Å².